The van der Waals surface area contributed by atoms with Crippen LogP contribution in [0.3, 0.4) is 0 Å². The Bertz CT molecular complexity index is 1630. The summed E-state index contributed by atoms with van der Waals surface area (Å²) >= 11 is 0. The lowest BCUT2D eigenvalue weighted by molar-refractivity contribution is 0.342. The van der Waals surface area contributed by atoms with Gasteiger partial charge in [0, 0.05) is 67.0 Å². The Kier molecular flexibility index (Phi) is 6.63. The van der Waals surface area contributed by atoms with Gasteiger partial charge in [0.05, 0.1) is 17.1 Å². The van der Waals surface area contributed by atoms with Gasteiger partial charge in [0.25, 0.3) is 0 Å². The van der Waals surface area contributed by atoms with Crippen molar-refractivity contribution in [3.8, 4) is 11.3 Å². The molecule has 0 unspecified atom stereocenters. The van der Waals surface area contributed by atoms with Gasteiger partial charge in [-0.1, -0.05) is 19.9 Å². The first-order valence-corrected chi connectivity index (χ1v) is 14.8. The first-order chi connectivity index (χ1) is 17.9. The molecule has 1 aliphatic rings. The second-order valence-corrected chi connectivity index (χ2v) is 12.8. The second-order valence-electron chi connectivity index (χ2n) is 10.6. The summed E-state index contributed by atoms with van der Waals surface area (Å²) in [6, 6.07) is 7.89. The van der Waals surface area contributed by atoms with E-state index >= 15 is 4.39 Å². The number of halogens is 1. The van der Waals surface area contributed by atoms with Crippen molar-refractivity contribution in [2.75, 3.05) is 28.8 Å². The molecule has 200 valence electrons. The zero-order valence-corrected chi connectivity index (χ0v) is 23.3. The van der Waals surface area contributed by atoms with Crippen LogP contribution in [0.4, 0.5) is 21.6 Å². The van der Waals surface area contributed by atoms with Gasteiger partial charge in [-0.25, -0.2) is 17.8 Å². The largest absolute Gasteiger partial charge is 0.368 e. The quantitative estimate of drug-likeness (QED) is 0.346. The van der Waals surface area contributed by atoms with Gasteiger partial charge in [0.15, 0.2) is 5.82 Å². The van der Waals surface area contributed by atoms with Crippen molar-refractivity contribution in [2.45, 2.75) is 39.7 Å². The Labute approximate surface area is 222 Å². The summed E-state index contributed by atoms with van der Waals surface area (Å²) in [6.07, 6.45) is 6.44. The van der Waals surface area contributed by atoms with E-state index in [1.54, 1.807) is 30.2 Å². The number of hydrogen-bond acceptors (Lipinski definition) is 7. The Balaban J connectivity index is 1.50. The third-order valence-corrected chi connectivity index (χ3v) is 8.42. The number of nitrogens with one attached hydrogen (secondary N) is 1. The van der Waals surface area contributed by atoms with Crippen LogP contribution in [0.15, 0.2) is 42.9 Å². The minimum atomic E-state index is -3.03. The lowest BCUT2D eigenvalue weighted by Crippen LogP contribution is -2.57. The normalized spacial score (nSPS) is 17.7. The van der Waals surface area contributed by atoms with Crippen molar-refractivity contribution in [3.63, 3.8) is 0 Å². The Hall–Kier alpha value is -3.53. The highest BCUT2D eigenvalue weighted by atomic mass is 32.2. The summed E-state index contributed by atoms with van der Waals surface area (Å²) in [6.45, 7) is 8.86. The van der Waals surface area contributed by atoms with E-state index in [-0.39, 0.29) is 35.0 Å². The van der Waals surface area contributed by atoms with Crippen LogP contribution in [-0.4, -0.2) is 52.8 Å². The molecule has 1 fully saturated rings. The lowest BCUT2D eigenvalue weighted by atomic mass is 9.88. The van der Waals surface area contributed by atoms with Gasteiger partial charge < -0.3 is 10.2 Å². The lowest BCUT2D eigenvalue weighted by Gasteiger charge is -2.48. The van der Waals surface area contributed by atoms with Gasteiger partial charge in [-0.15, -0.1) is 0 Å². The predicted octanol–water partition coefficient (Wildman–Crippen LogP) is 5.21. The van der Waals surface area contributed by atoms with E-state index in [0.717, 1.165) is 22.0 Å². The van der Waals surface area contributed by atoms with Crippen molar-refractivity contribution in [1.82, 2.24) is 19.7 Å². The van der Waals surface area contributed by atoms with Gasteiger partial charge in [-0.05, 0) is 48.9 Å². The zero-order valence-electron chi connectivity index (χ0n) is 22.5. The molecule has 0 amide bonds. The standard InChI is InChI=1S/C28H33FN6O2S/c1-16(2)20-7-8-25(35-13-19(18(35)4)15-38(6,36)37)22-12-31-26(11-21(20)22)32-24-9-10-30-28(27(24)29)23-14-34(5)33-17(23)3/h7-12,14,16,18-19H,13,15H2,1-6H3,(H,30,31,32)/t18-,19-/m1/s1. The molecule has 0 spiro atoms. The molecular weight excluding hydrogens is 503 g/mol. The smallest absolute Gasteiger partial charge is 0.173 e. The number of nitrogens with zero attached hydrogens (tertiary/aromatic N) is 5. The van der Waals surface area contributed by atoms with Crippen LogP contribution in [0.25, 0.3) is 22.0 Å². The number of anilines is 3. The molecule has 4 heterocycles. The molecule has 0 saturated carbocycles. The summed E-state index contributed by atoms with van der Waals surface area (Å²) in [7, 11) is -1.24. The fourth-order valence-corrected chi connectivity index (χ4v) is 6.52. The molecule has 8 nitrogen and oxygen atoms in total. The maximum atomic E-state index is 15.5. The number of fused-ring (bicyclic) bond motifs is 1. The van der Waals surface area contributed by atoms with Gasteiger partial charge >= 0.3 is 0 Å². The highest BCUT2D eigenvalue weighted by Gasteiger charge is 2.38. The molecule has 0 radical (unpaired) electrons. The first kappa shape index (κ1) is 26.1. The summed E-state index contributed by atoms with van der Waals surface area (Å²) in [4.78, 5) is 11.1. The highest BCUT2D eigenvalue weighted by molar-refractivity contribution is 7.90. The first-order valence-electron chi connectivity index (χ1n) is 12.7. The maximum Gasteiger partial charge on any atom is 0.173 e. The van der Waals surface area contributed by atoms with Gasteiger partial charge in [-0.3, -0.25) is 9.67 Å². The minimum Gasteiger partial charge on any atom is -0.368 e. The van der Waals surface area contributed by atoms with E-state index in [0.29, 0.717) is 23.6 Å². The summed E-state index contributed by atoms with van der Waals surface area (Å²) in [5, 5.41) is 9.49. The third-order valence-electron chi connectivity index (χ3n) is 7.39. The molecule has 5 rings (SSSR count). The number of aryl methyl sites for hydroxylation is 2. The zero-order chi connectivity index (χ0) is 27.4. The van der Waals surface area contributed by atoms with Crippen LogP contribution < -0.4 is 10.2 Å². The molecule has 1 aliphatic heterocycles. The van der Waals surface area contributed by atoms with Crippen LogP contribution in [0.5, 0.6) is 0 Å². The molecule has 2 atom stereocenters. The van der Waals surface area contributed by atoms with E-state index in [9.17, 15) is 8.42 Å². The van der Waals surface area contributed by atoms with E-state index in [1.165, 1.54) is 6.26 Å². The van der Waals surface area contributed by atoms with Crippen molar-refractivity contribution in [1.29, 1.82) is 0 Å². The second kappa shape index (κ2) is 9.65. The number of pyridine rings is 2. The Morgan fingerprint density at radius 2 is 1.95 bits per heavy atom. The predicted molar refractivity (Wildman–Crippen MR) is 150 cm³/mol. The Morgan fingerprint density at radius 1 is 1.18 bits per heavy atom. The molecule has 10 heteroatoms. The topological polar surface area (TPSA) is 93.0 Å². The average Bonchev–Trinajstić information content (AvgIpc) is 3.18. The third kappa shape index (κ3) is 4.84. The summed E-state index contributed by atoms with van der Waals surface area (Å²) in [5.74, 6) is 0.631. The van der Waals surface area contributed by atoms with Crippen LogP contribution in [0, 0.1) is 18.7 Å². The average molecular weight is 537 g/mol. The number of sulfone groups is 1. The molecule has 3 aromatic heterocycles. The summed E-state index contributed by atoms with van der Waals surface area (Å²) < 4.78 is 40.8. The summed E-state index contributed by atoms with van der Waals surface area (Å²) in [5.41, 5.74) is 4.06. The number of benzene rings is 1. The molecular formula is C28H33FN6O2S. The molecule has 1 saturated heterocycles. The van der Waals surface area contributed by atoms with E-state index < -0.39 is 15.7 Å². The number of rotatable bonds is 7. The maximum absolute atomic E-state index is 15.5. The SMILES string of the molecule is Cc1nn(C)cc1-c1nccc(Nc2cc3c(C(C)C)ccc(N4C[C@H](CS(C)(=O)=O)[C@H]4C)c3cn2)c1F. The monoisotopic (exact) mass is 536 g/mol. The fourth-order valence-electron chi connectivity index (χ4n) is 5.35. The van der Waals surface area contributed by atoms with Crippen molar-refractivity contribution in [2.24, 2.45) is 13.0 Å². The minimum absolute atomic E-state index is 0.103. The molecule has 0 bridgehead atoms. The van der Waals surface area contributed by atoms with E-state index in [1.807, 2.05) is 19.2 Å². The van der Waals surface area contributed by atoms with E-state index in [2.05, 4.69) is 58.2 Å². The molecule has 4 aromatic rings. The number of aromatic nitrogens is 4. The van der Waals surface area contributed by atoms with Crippen LogP contribution >= 0.6 is 0 Å². The molecule has 1 N–H and O–H groups in total. The van der Waals surface area contributed by atoms with Gasteiger partial charge in [0.2, 0.25) is 0 Å². The highest BCUT2D eigenvalue weighted by Crippen LogP contribution is 2.40. The molecule has 38 heavy (non-hydrogen) atoms. The van der Waals surface area contributed by atoms with E-state index in [4.69, 9.17) is 0 Å². The van der Waals surface area contributed by atoms with Crippen LogP contribution in [0.1, 0.15) is 37.9 Å². The van der Waals surface area contributed by atoms with Crippen LogP contribution in [-0.2, 0) is 16.9 Å². The Morgan fingerprint density at radius 3 is 2.58 bits per heavy atom. The van der Waals surface area contributed by atoms with Gasteiger partial charge in [0.1, 0.15) is 21.3 Å². The molecule has 1 aromatic carbocycles. The van der Waals surface area contributed by atoms with Crippen molar-refractivity contribution < 1.29 is 12.8 Å². The number of hydrogen-bond donors (Lipinski definition) is 1. The van der Waals surface area contributed by atoms with Gasteiger partial charge in [-0.2, -0.15) is 5.10 Å². The van der Waals surface area contributed by atoms with Crippen molar-refractivity contribution >= 4 is 37.8 Å². The fraction of sp³-hybridized carbons (Fsp3) is 0.393. The van der Waals surface area contributed by atoms with Crippen LogP contribution in [0.2, 0.25) is 0 Å². The van der Waals surface area contributed by atoms with Crippen molar-refractivity contribution in [3.05, 3.63) is 59.9 Å². The molecule has 0 aliphatic carbocycles.